The minimum atomic E-state index is -0.401. The molecule has 2 aliphatic rings. The number of nitrogens with zero attached hydrogens (tertiary/aromatic N) is 2. The summed E-state index contributed by atoms with van der Waals surface area (Å²) in [6.07, 6.45) is 3.24. The number of urea groups is 1. The molecule has 2 unspecified atom stereocenters. The minimum Gasteiger partial charge on any atom is -0.441 e. The lowest BCUT2D eigenvalue weighted by Crippen LogP contribution is -2.56. The lowest BCUT2D eigenvalue weighted by Gasteiger charge is -2.41. The van der Waals surface area contributed by atoms with Gasteiger partial charge in [-0.1, -0.05) is 6.42 Å². The second kappa shape index (κ2) is 4.55. The van der Waals surface area contributed by atoms with Crippen LogP contribution in [0.3, 0.4) is 0 Å². The van der Waals surface area contributed by atoms with Crippen LogP contribution in [0.2, 0.25) is 0 Å². The van der Waals surface area contributed by atoms with Gasteiger partial charge >= 0.3 is 12.0 Å². The zero-order valence-electron chi connectivity index (χ0n) is 10.7. The molecule has 0 aromatic carbocycles. The van der Waals surface area contributed by atoms with Crippen LogP contribution in [-0.2, 0) is 9.53 Å². The monoisotopic (exact) mass is 240 g/mol. The SMILES string of the molecule is CC1CC(OC(=O)C2CCC2)N(C)C(=O)N1C. The average Bonchev–Trinajstić information content (AvgIpc) is 2.20. The molecule has 0 aromatic rings. The van der Waals surface area contributed by atoms with Crippen molar-refractivity contribution < 1.29 is 14.3 Å². The lowest BCUT2D eigenvalue weighted by molar-refractivity contribution is -0.167. The number of ether oxygens (including phenoxy) is 1. The van der Waals surface area contributed by atoms with Gasteiger partial charge in [0.1, 0.15) is 0 Å². The summed E-state index contributed by atoms with van der Waals surface area (Å²) < 4.78 is 5.44. The number of carbonyl (C=O) groups is 2. The van der Waals surface area contributed by atoms with Gasteiger partial charge in [0, 0.05) is 26.6 Å². The first-order valence-electron chi connectivity index (χ1n) is 6.21. The van der Waals surface area contributed by atoms with Gasteiger partial charge in [-0.2, -0.15) is 0 Å². The Kier molecular flexibility index (Phi) is 3.26. The molecule has 96 valence electrons. The second-order valence-electron chi connectivity index (χ2n) is 5.11. The quantitative estimate of drug-likeness (QED) is 0.686. The van der Waals surface area contributed by atoms with Crippen molar-refractivity contribution in [3.8, 4) is 0 Å². The van der Waals surface area contributed by atoms with E-state index >= 15 is 0 Å². The predicted octanol–water partition coefficient (Wildman–Crippen LogP) is 1.43. The van der Waals surface area contributed by atoms with Crippen LogP contribution in [0.25, 0.3) is 0 Å². The van der Waals surface area contributed by atoms with E-state index in [1.165, 1.54) is 4.90 Å². The number of esters is 1. The number of hydrogen-bond donors (Lipinski definition) is 0. The zero-order chi connectivity index (χ0) is 12.6. The van der Waals surface area contributed by atoms with Crippen LogP contribution in [0.15, 0.2) is 0 Å². The minimum absolute atomic E-state index is 0.0634. The molecular weight excluding hydrogens is 220 g/mol. The number of rotatable bonds is 2. The highest BCUT2D eigenvalue weighted by atomic mass is 16.6. The smallest absolute Gasteiger partial charge is 0.322 e. The summed E-state index contributed by atoms with van der Waals surface area (Å²) >= 11 is 0. The van der Waals surface area contributed by atoms with Gasteiger partial charge in [-0.05, 0) is 19.8 Å². The molecule has 1 saturated carbocycles. The largest absolute Gasteiger partial charge is 0.441 e. The Labute approximate surface area is 102 Å². The molecule has 5 nitrogen and oxygen atoms in total. The predicted molar refractivity (Wildman–Crippen MR) is 62.2 cm³/mol. The molecule has 1 aliphatic carbocycles. The normalized spacial score (nSPS) is 30.2. The fourth-order valence-electron chi connectivity index (χ4n) is 2.17. The lowest BCUT2D eigenvalue weighted by atomic mass is 9.86. The first-order chi connectivity index (χ1) is 8.00. The molecule has 2 amide bonds. The van der Waals surface area contributed by atoms with Crippen molar-refractivity contribution in [2.24, 2.45) is 5.92 Å². The molecular formula is C12H20N2O3. The maximum atomic E-state index is 11.8. The molecule has 0 radical (unpaired) electrons. The van der Waals surface area contributed by atoms with E-state index in [9.17, 15) is 9.59 Å². The van der Waals surface area contributed by atoms with Crippen molar-refractivity contribution in [3.63, 3.8) is 0 Å². The topological polar surface area (TPSA) is 49.9 Å². The number of amides is 2. The molecule has 5 heteroatoms. The number of hydrogen-bond acceptors (Lipinski definition) is 3. The van der Waals surface area contributed by atoms with Crippen molar-refractivity contribution in [2.75, 3.05) is 14.1 Å². The molecule has 0 N–H and O–H groups in total. The Morgan fingerprint density at radius 3 is 2.47 bits per heavy atom. The van der Waals surface area contributed by atoms with Crippen LogP contribution < -0.4 is 0 Å². The van der Waals surface area contributed by atoms with Gasteiger partial charge in [-0.15, -0.1) is 0 Å². The molecule has 2 atom stereocenters. The van der Waals surface area contributed by atoms with Crippen LogP contribution in [0.5, 0.6) is 0 Å². The highest BCUT2D eigenvalue weighted by molar-refractivity contribution is 5.77. The Morgan fingerprint density at radius 1 is 1.29 bits per heavy atom. The summed E-state index contributed by atoms with van der Waals surface area (Å²) in [6, 6.07) is 0.0213. The summed E-state index contributed by atoms with van der Waals surface area (Å²) in [5, 5.41) is 0. The van der Waals surface area contributed by atoms with Crippen molar-refractivity contribution in [3.05, 3.63) is 0 Å². The van der Waals surface area contributed by atoms with E-state index in [2.05, 4.69) is 0 Å². The molecule has 1 aliphatic heterocycles. The second-order valence-corrected chi connectivity index (χ2v) is 5.11. The van der Waals surface area contributed by atoms with Gasteiger partial charge in [0.05, 0.1) is 5.92 Å². The van der Waals surface area contributed by atoms with Crippen LogP contribution in [0.4, 0.5) is 4.79 Å². The first kappa shape index (κ1) is 12.2. The fourth-order valence-corrected chi connectivity index (χ4v) is 2.17. The summed E-state index contributed by atoms with van der Waals surface area (Å²) in [7, 11) is 3.46. The van der Waals surface area contributed by atoms with Gasteiger partial charge in [-0.25, -0.2) is 4.79 Å². The molecule has 1 heterocycles. The Bertz CT molecular complexity index is 328. The van der Waals surface area contributed by atoms with Gasteiger partial charge in [0.25, 0.3) is 0 Å². The average molecular weight is 240 g/mol. The zero-order valence-corrected chi connectivity index (χ0v) is 10.7. The van der Waals surface area contributed by atoms with Crippen molar-refractivity contribution in [1.29, 1.82) is 0 Å². The summed E-state index contributed by atoms with van der Waals surface area (Å²) in [5.41, 5.74) is 0. The highest BCUT2D eigenvalue weighted by Crippen LogP contribution is 2.29. The summed E-state index contributed by atoms with van der Waals surface area (Å²) in [6.45, 7) is 1.97. The molecule has 0 aromatic heterocycles. The highest BCUT2D eigenvalue weighted by Gasteiger charge is 2.37. The van der Waals surface area contributed by atoms with E-state index in [0.29, 0.717) is 6.42 Å². The molecule has 0 spiro atoms. The maximum Gasteiger partial charge on any atom is 0.322 e. The van der Waals surface area contributed by atoms with E-state index in [1.807, 2.05) is 6.92 Å². The first-order valence-corrected chi connectivity index (χ1v) is 6.21. The Balaban J connectivity index is 1.95. The van der Waals surface area contributed by atoms with E-state index in [0.717, 1.165) is 19.3 Å². The van der Waals surface area contributed by atoms with Crippen LogP contribution in [0, 0.1) is 5.92 Å². The third-order valence-electron chi connectivity index (χ3n) is 3.93. The maximum absolute atomic E-state index is 11.8. The molecule has 17 heavy (non-hydrogen) atoms. The number of carbonyl (C=O) groups excluding carboxylic acids is 2. The van der Waals surface area contributed by atoms with E-state index in [1.54, 1.807) is 19.0 Å². The summed E-state index contributed by atoms with van der Waals surface area (Å²) in [5.74, 6) is -0.0777. The van der Waals surface area contributed by atoms with E-state index in [-0.39, 0.29) is 24.0 Å². The molecule has 2 rings (SSSR count). The van der Waals surface area contributed by atoms with E-state index < -0.39 is 6.23 Å². The van der Waals surface area contributed by atoms with Gasteiger partial charge < -0.3 is 9.64 Å². The third kappa shape index (κ3) is 2.23. The molecule has 1 saturated heterocycles. The molecule has 2 fully saturated rings. The van der Waals surface area contributed by atoms with E-state index in [4.69, 9.17) is 4.74 Å². The van der Waals surface area contributed by atoms with Crippen molar-refractivity contribution in [2.45, 2.75) is 44.9 Å². The Morgan fingerprint density at radius 2 is 1.94 bits per heavy atom. The Hall–Kier alpha value is -1.26. The third-order valence-corrected chi connectivity index (χ3v) is 3.93. The van der Waals surface area contributed by atoms with Crippen LogP contribution in [-0.4, -0.2) is 48.2 Å². The molecule has 0 bridgehead atoms. The van der Waals surface area contributed by atoms with Gasteiger partial charge in [0.15, 0.2) is 6.23 Å². The van der Waals surface area contributed by atoms with Gasteiger partial charge in [-0.3, -0.25) is 9.69 Å². The van der Waals surface area contributed by atoms with Gasteiger partial charge in [0.2, 0.25) is 0 Å². The van der Waals surface area contributed by atoms with Crippen molar-refractivity contribution in [1.82, 2.24) is 9.80 Å². The standard InChI is InChI=1S/C12H20N2O3/c1-8-7-10(14(3)12(16)13(8)2)17-11(15)9-5-4-6-9/h8-10H,4-7H2,1-3H3. The van der Waals surface area contributed by atoms with Crippen LogP contribution >= 0.6 is 0 Å². The fraction of sp³-hybridized carbons (Fsp3) is 0.833. The van der Waals surface area contributed by atoms with Crippen molar-refractivity contribution >= 4 is 12.0 Å². The summed E-state index contributed by atoms with van der Waals surface area (Å²) in [4.78, 5) is 26.8. The van der Waals surface area contributed by atoms with Crippen LogP contribution in [0.1, 0.15) is 32.6 Å².